The zero-order chi connectivity index (χ0) is 19.0. The lowest BCUT2D eigenvalue weighted by Gasteiger charge is -2.28. The van der Waals surface area contributed by atoms with E-state index in [4.69, 9.17) is 9.15 Å². The van der Waals surface area contributed by atoms with Crippen molar-refractivity contribution in [3.63, 3.8) is 0 Å². The van der Waals surface area contributed by atoms with Crippen molar-refractivity contribution in [3.8, 4) is 0 Å². The SMILES string of the molecule is CCOC(=O)c1c(C)oc2nc(CN3CCc4ccccc4C3)[nH]c(=O)c12. The first-order chi connectivity index (χ1) is 13.1. The van der Waals surface area contributed by atoms with Crippen molar-refractivity contribution in [1.29, 1.82) is 0 Å². The number of fused-ring (bicyclic) bond motifs is 2. The molecule has 1 aliphatic rings. The van der Waals surface area contributed by atoms with Crippen LogP contribution in [0.5, 0.6) is 0 Å². The van der Waals surface area contributed by atoms with Crippen molar-refractivity contribution < 1.29 is 13.9 Å². The third-order valence-electron chi connectivity index (χ3n) is 4.85. The predicted octanol–water partition coefficient (Wildman–Crippen LogP) is 2.56. The van der Waals surface area contributed by atoms with Gasteiger partial charge < -0.3 is 14.1 Å². The van der Waals surface area contributed by atoms with E-state index in [-0.39, 0.29) is 28.8 Å². The van der Waals surface area contributed by atoms with Crippen molar-refractivity contribution in [3.05, 3.63) is 62.9 Å². The number of esters is 1. The van der Waals surface area contributed by atoms with E-state index < -0.39 is 5.97 Å². The number of rotatable bonds is 4. The molecule has 4 rings (SSSR count). The van der Waals surface area contributed by atoms with Gasteiger partial charge in [-0.2, -0.15) is 4.98 Å². The molecule has 1 N–H and O–H groups in total. The highest BCUT2D eigenvalue weighted by atomic mass is 16.5. The van der Waals surface area contributed by atoms with Crippen LogP contribution in [-0.4, -0.2) is 34.0 Å². The Balaban J connectivity index is 1.63. The molecule has 0 bridgehead atoms. The maximum atomic E-state index is 12.6. The summed E-state index contributed by atoms with van der Waals surface area (Å²) in [7, 11) is 0. The van der Waals surface area contributed by atoms with Crippen LogP contribution in [-0.2, 0) is 24.2 Å². The Labute approximate surface area is 156 Å². The molecular weight excluding hydrogens is 346 g/mol. The van der Waals surface area contributed by atoms with Gasteiger partial charge in [-0.3, -0.25) is 9.69 Å². The van der Waals surface area contributed by atoms with Gasteiger partial charge in [0.1, 0.15) is 22.5 Å². The highest BCUT2D eigenvalue weighted by Crippen LogP contribution is 2.23. The molecule has 7 heteroatoms. The summed E-state index contributed by atoms with van der Waals surface area (Å²) < 4.78 is 10.6. The van der Waals surface area contributed by atoms with Crippen LogP contribution in [0.3, 0.4) is 0 Å². The number of ether oxygens (including phenoxy) is 1. The lowest BCUT2D eigenvalue weighted by atomic mass is 10.00. The minimum atomic E-state index is -0.568. The van der Waals surface area contributed by atoms with E-state index in [9.17, 15) is 9.59 Å². The third kappa shape index (κ3) is 3.26. The Morgan fingerprint density at radius 2 is 2.11 bits per heavy atom. The Hall–Kier alpha value is -2.93. The molecule has 7 nitrogen and oxygen atoms in total. The number of carbonyl (C=O) groups is 1. The van der Waals surface area contributed by atoms with Crippen molar-refractivity contribution in [1.82, 2.24) is 14.9 Å². The maximum absolute atomic E-state index is 12.6. The topological polar surface area (TPSA) is 88.4 Å². The fourth-order valence-corrected chi connectivity index (χ4v) is 3.59. The second-order valence-corrected chi connectivity index (χ2v) is 6.68. The van der Waals surface area contributed by atoms with Crippen molar-refractivity contribution in [2.24, 2.45) is 0 Å². The van der Waals surface area contributed by atoms with Crippen LogP contribution in [0.2, 0.25) is 0 Å². The summed E-state index contributed by atoms with van der Waals surface area (Å²) >= 11 is 0. The van der Waals surface area contributed by atoms with Crippen molar-refractivity contribution >= 4 is 17.1 Å². The molecule has 3 heterocycles. The molecule has 0 unspecified atom stereocenters. The molecule has 0 saturated carbocycles. The van der Waals surface area contributed by atoms with E-state index in [1.807, 2.05) is 6.07 Å². The molecule has 0 radical (unpaired) electrons. The molecule has 0 fully saturated rings. The van der Waals surface area contributed by atoms with E-state index >= 15 is 0 Å². The maximum Gasteiger partial charge on any atom is 0.342 e. The average molecular weight is 367 g/mol. The number of aromatic amines is 1. The van der Waals surface area contributed by atoms with Crippen molar-refractivity contribution in [2.45, 2.75) is 33.4 Å². The first-order valence-electron chi connectivity index (χ1n) is 9.05. The first kappa shape index (κ1) is 17.5. The summed E-state index contributed by atoms with van der Waals surface area (Å²) in [5, 5.41) is 0.152. The normalized spacial score (nSPS) is 14.3. The van der Waals surface area contributed by atoms with Gasteiger partial charge >= 0.3 is 5.97 Å². The molecule has 1 aliphatic heterocycles. The molecule has 140 valence electrons. The minimum absolute atomic E-state index is 0.152. The van der Waals surface area contributed by atoms with Crippen LogP contribution in [0.15, 0.2) is 33.5 Å². The van der Waals surface area contributed by atoms with Gasteiger partial charge in [0.25, 0.3) is 5.56 Å². The van der Waals surface area contributed by atoms with Gasteiger partial charge in [0.15, 0.2) is 0 Å². The van der Waals surface area contributed by atoms with Gasteiger partial charge in [0.05, 0.1) is 13.2 Å². The van der Waals surface area contributed by atoms with Gasteiger partial charge in [-0.1, -0.05) is 24.3 Å². The molecule has 3 aromatic rings. The molecule has 0 aliphatic carbocycles. The summed E-state index contributed by atoms with van der Waals surface area (Å²) in [6.07, 6.45) is 0.968. The molecule has 27 heavy (non-hydrogen) atoms. The average Bonchev–Trinajstić information content (AvgIpc) is 2.98. The number of hydrogen-bond donors (Lipinski definition) is 1. The standard InChI is InChI=1S/C20H21N3O4/c1-3-26-20(25)16-12(2)27-19-17(16)18(24)21-15(22-19)11-23-9-8-13-6-4-5-7-14(13)10-23/h4-7H,3,8-11H2,1-2H3,(H,21,22,24). The zero-order valence-electron chi connectivity index (χ0n) is 15.4. The summed E-state index contributed by atoms with van der Waals surface area (Å²) in [6, 6.07) is 8.38. The molecule has 0 saturated heterocycles. The van der Waals surface area contributed by atoms with Crippen LogP contribution < -0.4 is 5.56 Å². The molecular formula is C20H21N3O4. The van der Waals surface area contributed by atoms with E-state index in [0.717, 1.165) is 19.5 Å². The molecule has 0 atom stereocenters. The quantitative estimate of drug-likeness (QED) is 0.713. The van der Waals surface area contributed by atoms with E-state index in [1.54, 1.807) is 13.8 Å². The fourth-order valence-electron chi connectivity index (χ4n) is 3.59. The van der Waals surface area contributed by atoms with Gasteiger partial charge in [-0.15, -0.1) is 0 Å². The van der Waals surface area contributed by atoms with Crippen LogP contribution in [0.25, 0.3) is 11.1 Å². The zero-order valence-corrected chi connectivity index (χ0v) is 15.4. The minimum Gasteiger partial charge on any atom is -0.462 e. The van der Waals surface area contributed by atoms with Crippen LogP contribution in [0.4, 0.5) is 0 Å². The lowest BCUT2D eigenvalue weighted by molar-refractivity contribution is 0.0526. The van der Waals surface area contributed by atoms with E-state index in [0.29, 0.717) is 18.1 Å². The Bertz CT molecular complexity index is 1070. The molecule has 2 aromatic heterocycles. The molecule has 0 amide bonds. The predicted molar refractivity (Wildman–Crippen MR) is 99.6 cm³/mol. The summed E-state index contributed by atoms with van der Waals surface area (Å²) in [5.74, 6) is 0.294. The number of nitrogens with zero attached hydrogens (tertiary/aromatic N) is 2. The van der Waals surface area contributed by atoms with Crippen molar-refractivity contribution in [2.75, 3.05) is 13.2 Å². The van der Waals surface area contributed by atoms with E-state index in [1.165, 1.54) is 11.1 Å². The highest BCUT2D eigenvalue weighted by Gasteiger charge is 2.24. The number of furan rings is 1. The second-order valence-electron chi connectivity index (χ2n) is 6.68. The smallest absolute Gasteiger partial charge is 0.342 e. The van der Waals surface area contributed by atoms with Gasteiger partial charge in [-0.25, -0.2) is 4.79 Å². The number of H-pyrrole nitrogens is 1. The third-order valence-corrected chi connectivity index (χ3v) is 4.85. The summed E-state index contributed by atoms with van der Waals surface area (Å²) in [5.41, 5.74) is 2.61. The Morgan fingerprint density at radius 3 is 2.89 bits per heavy atom. The largest absolute Gasteiger partial charge is 0.462 e. The number of carbonyl (C=O) groups excluding carboxylic acids is 1. The number of benzene rings is 1. The number of nitrogens with one attached hydrogen (secondary N) is 1. The van der Waals surface area contributed by atoms with Gasteiger partial charge in [0.2, 0.25) is 5.71 Å². The number of aryl methyl sites for hydroxylation is 1. The molecule has 0 spiro atoms. The van der Waals surface area contributed by atoms with Crippen LogP contribution in [0.1, 0.15) is 40.0 Å². The van der Waals surface area contributed by atoms with Gasteiger partial charge in [0, 0.05) is 13.1 Å². The van der Waals surface area contributed by atoms with Crippen LogP contribution >= 0.6 is 0 Å². The first-order valence-corrected chi connectivity index (χ1v) is 9.05. The summed E-state index contributed by atoms with van der Waals surface area (Å²) in [4.78, 5) is 34.2. The number of aromatic nitrogens is 2. The second kappa shape index (κ2) is 7.00. The fraction of sp³-hybridized carbons (Fsp3) is 0.350. The molecule has 1 aromatic carbocycles. The highest BCUT2D eigenvalue weighted by molar-refractivity contribution is 6.03. The lowest BCUT2D eigenvalue weighted by Crippen LogP contribution is -2.31. The Kier molecular flexibility index (Phi) is 4.53. The van der Waals surface area contributed by atoms with Crippen LogP contribution in [0, 0.1) is 6.92 Å². The summed E-state index contributed by atoms with van der Waals surface area (Å²) in [6.45, 7) is 5.79. The monoisotopic (exact) mass is 367 g/mol. The number of hydrogen-bond acceptors (Lipinski definition) is 6. The Morgan fingerprint density at radius 1 is 1.33 bits per heavy atom. The van der Waals surface area contributed by atoms with Gasteiger partial charge in [-0.05, 0) is 31.4 Å². The van der Waals surface area contributed by atoms with E-state index in [2.05, 4.69) is 33.1 Å².